The van der Waals surface area contributed by atoms with Crippen molar-refractivity contribution in [1.82, 2.24) is 4.57 Å². The minimum atomic E-state index is -0.535. The number of hydrogen-bond acceptors (Lipinski definition) is 3. The molecule has 1 aromatic carbocycles. The van der Waals surface area contributed by atoms with E-state index in [2.05, 4.69) is 0 Å². The smallest absolute Gasteiger partial charge is 0.286 e. The van der Waals surface area contributed by atoms with Gasteiger partial charge in [0, 0.05) is 21.7 Å². The van der Waals surface area contributed by atoms with Gasteiger partial charge in [0.1, 0.15) is 0 Å². The van der Waals surface area contributed by atoms with Crippen LogP contribution in [0, 0.1) is 17.0 Å². The fourth-order valence-electron chi connectivity index (χ4n) is 1.82. The maximum Gasteiger partial charge on any atom is 0.286 e. The van der Waals surface area contributed by atoms with Crippen LogP contribution < -0.4 is 5.56 Å². The average Bonchev–Trinajstić information content (AvgIpc) is 2.37. The SMILES string of the molecule is Cc1cc([N+](=O)[O-])cn(Cc2ccc(Cl)cc2Cl)c1=O. The summed E-state index contributed by atoms with van der Waals surface area (Å²) in [7, 11) is 0. The standard InChI is InChI=1S/C13H10Cl2N2O3/c1-8-4-11(17(19)20)7-16(13(8)18)6-9-2-3-10(14)5-12(9)15/h2-5,7H,6H2,1H3. The molecule has 0 saturated carbocycles. The van der Waals surface area contributed by atoms with Crippen LogP contribution in [0.1, 0.15) is 11.1 Å². The van der Waals surface area contributed by atoms with E-state index in [0.717, 1.165) is 0 Å². The summed E-state index contributed by atoms with van der Waals surface area (Å²) in [6.45, 7) is 1.69. The highest BCUT2D eigenvalue weighted by atomic mass is 35.5. The van der Waals surface area contributed by atoms with Gasteiger partial charge in [-0.15, -0.1) is 0 Å². The molecule has 5 nitrogen and oxygen atoms in total. The average molecular weight is 313 g/mol. The molecule has 104 valence electrons. The van der Waals surface area contributed by atoms with Gasteiger partial charge < -0.3 is 4.57 Å². The van der Waals surface area contributed by atoms with Crippen LogP contribution in [-0.4, -0.2) is 9.49 Å². The van der Waals surface area contributed by atoms with E-state index in [1.54, 1.807) is 18.2 Å². The van der Waals surface area contributed by atoms with Crippen molar-refractivity contribution in [3.63, 3.8) is 0 Å². The fraction of sp³-hybridized carbons (Fsp3) is 0.154. The Morgan fingerprint density at radius 1 is 1.30 bits per heavy atom. The Labute approximate surface area is 124 Å². The van der Waals surface area contributed by atoms with Crippen molar-refractivity contribution in [3.05, 3.63) is 72.1 Å². The van der Waals surface area contributed by atoms with Crippen LogP contribution in [0.5, 0.6) is 0 Å². The number of rotatable bonds is 3. The molecule has 0 saturated heterocycles. The van der Waals surface area contributed by atoms with Gasteiger partial charge in [-0.3, -0.25) is 14.9 Å². The molecule has 0 amide bonds. The van der Waals surface area contributed by atoms with Gasteiger partial charge >= 0.3 is 0 Å². The lowest BCUT2D eigenvalue weighted by molar-refractivity contribution is -0.385. The van der Waals surface area contributed by atoms with E-state index in [-0.39, 0.29) is 17.8 Å². The van der Waals surface area contributed by atoms with E-state index in [1.165, 1.54) is 23.8 Å². The predicted octanol–water partition coefficient (Wildman–Crippen LogP) is 3.42. The van der Waals surface area contributed by atoms with E-state index >= 15 is 0 Å². The van der Waals surface area contributed by atoms with Gasteiger partial charge in [-0.2, -0.15) is 0 Å². The normalized spacial score (nSPS) is 10.6. The number of hydrogen-bond donors (Lipinski definition) is 0. The molecule has 0 atom stereocenters. The van der Waals surface area contributed by atoms with E-state index in [1.807, 2.05) is 0 Å². The number of halogens is 2. The number of nitro groups is 1. The van der Waals surface area contributed by atoms with Crippen LogP contribution in [0.2, 0.25) is 10.0 Å². The summed E-state index contributed by atoms with van der Waals surface area (Å²) in [6, 6.07) is 6.15. The first-order valence-electron chi connectivity index (χ1n) is 5.68. The summed E-state index contributed by atoms with van der Waals surface area (Å²) in [5.74, 6) is 0. The van der Waals surface area contributed by atoms with Crippen LogP contribution in [0.25, 0.3) is 0 Å². The van der Waals surface area contributed by atoms with Crippen molar-refractivity contribution < 1.29 is 4.92 Å². The fourth-order valence-corrected chi connectivity index (χ4v) is 2.28. The van der Waals surface area contributed by atoms with E-state index in [0.29, 0.717) is 21.2 Å². The van der Waals surface area contributed by atoms with Gasteiger partial charge in [0.05, 0.1) is 17.7 Å². The predicted molar refractivity (Wildman–Crippen MR) is 77.7 cm³/mol. The third kappa shape index (κ3) is 3.00. The Bertz CT molecular complexity index is 741. The van der Waals surface area contributed by atoms with Crippen LogP contribution >= 0.6 is 23.2 Å². The Morgan fingerprint density at radius 2 is 2.00 bits per heavy atom. The lowest BCUT2D eigenvalue weighted by Crippen LogP contribution is -2.22. The molecule has 7 heteroatoms. The van der Waals surface area contributed by atoms with Crippen molar-refractivity contribution in [1.29, 1.82) is 0 Å². The highest BCUT2D eigenvalue weighted by Gasteiger charge is 2.12. The third-order valence-corrected chi connectivity index (χ3v) is 3.40. The zero-order valence-electron chi connectivity index (χ0n) is 10.5. The third-order valence-electron chi connectivity index (χ3n) is 2.82. The van der Waals surface area contributed by atoms with Crippen molar-refractivity contribution in [2.24, 2.45) is 0 Å². The van der Waals surface area contributed by atoms with Gasteiger partial charge in [-0.25, -0.2) is 0 Å². The van der Waals surface area contributed by atoms with E-state index < -0.39 is 4.92 Å². The summed E-state index contributed by atoms with van der Waals surface area (Å²) in [6.07, 6.45) is 1.21. The van der Waals surface area contributed by atoms with Gasteiger partial charge in [-0.05, 0) is 24.6 Å². The second kappa shape index (κ2) is 5.64. The van der Waals surface area contributed by atoms with Crippen LogP contribution in [0.15, 0.2) is 35.3 Å². The monoisotopic (exact) mass is 312 g/mol. The molecule has 0 spiro atoms. The topological polar surface area (TPSA) is 65.1 Å². The first-order chi connectivity index (χ1) is 9.38. The minimum absolute atomic E-state index is 0.132. The van der Waals surface area contributed by atoms with Crippen LogP contribution in [-0.2, 0) is 6.54 Å². The summed E-state index contributed by atoms with van der Waals surface area (Å²) in [5, 5.41) is 11.7. The second-order valence-corrected chi connectivity index (χ2v) is 5.15. The van der Waals surface area contributed by atoms with Crippen molar-refractivity contribution in [3.8, 4) is 0 Å². The summed E-state index contributed by atoms with van der Waals surface area (Å²) in [4.78, 5) is 22.3. The Balaban J connectivity index is 2.47. The zero-order valence-corrected chi connectivity index (χ0v) is 12.0. The maximum atomic E-state index is 12.0. The highest BCUT2D eigenvalue weighted by molar-refractivity contribution is 6.35. The molecule has 0 aliphatic heterocycles. The summed E-state index contributed by atoms with van der Waals surface area (Å²) >= 11 is 11.8. The van der Waals surface area contributed by atoms with Crippen molar-refractivity contribution in [2.45, 2.75) is 13.5 Å². The molecule has 20 heavy (non-hydrogen) atoms. The molecule has 1 heterocycles. The first kappa shape index (κ1) is 14.6. The molecule has 0 fully saturated rings. The molecular formula is C13H10Cl2N2O3. The number of pyridine rings is 1. The lowest BCUT2D eigenvalue weighted by atomic mass is 10.2. The van der Waals surface area contributed by atoms with Crippen LogP contribution in [0.3, 0.4) is 0 Å². The van der Waals surface area contributed by atoms with Gasteiger partial charge in [0.25, 0.3) is 11.2 Å². The summed E-state index contributed by atoms with van der Waals surface area (Å²) in [5.41, 5.74) is 0.552. The second-order valence-electron chi connectivity index (χ2n) is 4.31. The Hall–Kier alpha value is -1.85. The molecule has 2 rings (SSSR count). The molecule has 0 unspecified atom stereocenters. The highest BCUT2D eigenvalue weighted by Crippen LogP contribution is 2.22. The largest absolute Gasteiger partial charge is 0.304 e. The van der Waals surface area contributed by atoms with Crippen molar-refractivity contribution >= 4 is 28.9 Å². The molecule has 0 N–H and O–H groups in total. The molecular weight excluding hydrogens is 303 g/mol. The van der Waals surface area contributed by atoms with Gasteiger partial charge in [-0.1, -0.05) is 29.3 Å². The maximum absolute atomic E-state index is 12.0. The first-order valence-corrected chi connectivity index (χ1v) is 6.43. The molecule has 0 aliphatic rings. The number of aromatic nitrogens is 1. The Kier molecular flexibility index (Phi) is 4.11. The van der Waals surface area contributed by atoms with Gasteiger partial charge in [0.2, 0.25) is 0 Å². The lowest BCUT2D eigenvalue weighted by Gasteiger charge is -2.09. The zero-order chi connectivity index (χ0) is 14.9. The van der Waals surface area contributed by atoms with E-state index in [9.17, 15) is 14.9 Å². The minimum Gasteiger partial charge on any atom is -0.304 e. The molecule has 0 bridgehead atoms. The molecule has 0 aliphatic carbocycles. The number of nitrogens with zero attached hydrogens (tertiary/aromatic N) is 2. The number of benzene rings is 1. The summed E-state index contributed by atoms with van der Waals surface area (Å²) < 4.78 is 1.27. The quantitative estimate of drug-likeness (QED) is 0.644. The van der Waals surface area contributed by atoms with E-state index in [4.69, 9.17) is 23.2 Å². The Morgan fingerprint density at radius 3 is 2.60 bits per heavy atom. The van der Waals surface area contributed by atoms with Crippen molar-refractivity contribution in [2.75, 3.05) is 0 Å². The van der Waals surface area contributed by atoms with Crippen LogP contribution in [0.4, 0.5) is 5.69 Å². The molecule has 0 radical (unpaired) electrons. The molecule has 1 aromatic heterocycles. The number of aryl methyl sites for hydroxylation is 1. The molecule has 2 aromatic rings. The van der Waals surface area contributed by atoms with Gasteiger partial charge in [0.15, 0.2) is 0 Å².